The monoisotopic (exact) mass is 314 g/mol. The lowest BCUT2D eigenvalue weighted by molar-refractivity contribution is 0.102. The minimum Gasteiger partial charge on any atom is -0.361 e. The molecule has 0 aliphatic carbocycles. The Kier molecular flexibility index (Phi) is 3.51. The van der Waals surface area contributed by atoms with E-state index in [2.05, 4.69) is 20.3 Å². The van der Waals surface area contributed by atoms with Gasteiger partial charge in [-0.25, -0.2) is 0 Å². The van der Waals surface area contributed by atoms with Crippen LogP contribution in [0.15, 0.2) is 73.3 Å². The Morgan fingerprint density at radius 2 is 2.00 bits per heavy atom. The molecule has 3 aromatic heterocycles. The van der Waals surface area contributed by atoms with E-state index in [1.165, 1.54) is 0 Å². The average molecular weight is 314 g/mol. The zero-order valence-electron chi connectivity index (χ0n) is 12.7. The number of fused-ring (bicyclic) bond motifs is 1. The maximum atomic E-state index is 12.2. The van der Waals surface area contributed by atoms with Crippen LogP contribution < -0.4 is 5.32 Å². The molecule has 1 amide bonds. The summed E-state index contributed by atoms with van der Waals surface area (Å²) in [6.45, 7) is 0. The fourth-order valence-corrected chi connectivity index (χ4v) is 2.68. The largest absolute Gasteiger partial charge is 0.361 e. The van der Waals surface area contributed by atoms with Crippen molar-refractivity contribution in [1.82, 2.24) is 15.0 Å². The first kappa shape index (κ1) is 14.1. The van der Waals surface area contributed by atoms with Crippen LogP contribution in [-0.4, -0.2) is 20.9 Å². The summed E-state index contributed by atoms with van der Waals surface area (Å²) in [6.07, 6.45) is 6.92. The molecule has 0 unspecified atom stereocenters. The topological polar surface area (TPSA) is 70.7 Å². The van der Waals surface area contributed by atoms with Gasteiger partial charge in [0, 0.05) is 35.1 Å². The van der Waals surface area contributed by atoms with Crippen LogP contribution in [-0.2, 0) is 0 Å². The standard InChI is InChI=1S/C19H14N4O/c24-19(18-5-1-2-8-21-18)23-14-10-13(11-20-12-14)15-4-3-6-17-16(15)7-9-22-17/h1-12,22H,(H,23,24). The number of benzene rings is 1. The minimum atomic E-state index is -0.255. The van der Waals surface area contributed by atoms with E-state index in [0.29, 0.717) is 11.4 Å². The number of hydrogen-bond acceptors (Lipinski definition) is 3. The molecule has 0 radical (unpaired) electrons. The molecular weight excluding hydrogens is 300 g/mol. The summed E-state index contributed by atoms with van der Waals surface area (Å²) in [6, 6.07) is 15.2. The lowest BCUT2D eigenvalue weighted by Crippen LogP contribution is -2.13. The van der Waals surface area contributed by atoms with Crippen LogP contribution in [0.3, 0.4) is 0 Å². The second-order valence-corrected chi connectivity index (χ2v) is 5.38. The van der Waals surface area contributed by atoms with Gasteiger partial charge in [0.2, 0.25) is 0 Å². The van der Waals surface area contributed by atoms with Crippen LogP contribution in [0.4, 0.5) is 5.69 Å². The van der Waals surface area contributed by atoms with Crippen LogP contribution in [0.1, 0.15) is 10.5 Å². The van der Waals surface area contributed by atoms with E-state index in [-0.39, 0.29) is 5.91 Å². The molecule has 4 aromatic rings. The third-order valence-electron chi connectivity index (χ3n) is 3.80. The molecule has 0 spiro atoms. The Morgan fingerprint density at radius 3 is 2.88 bits per heavy atom. The Hall–Kier alpha value is -3.47. The number of anilines is 1. The molecule has 0 bridgehead atoms. The van der Waals surface area contributed by atoms with Crippen molar-refractivity contribution in [3.8, 4) is 11.1 Å². The van der Waals surface area contributed by atoms with Crippen molar-refractivity contribution in [2.45, 2.75) is 0 Å². The number of aromatic nitrogens is 3. The first-order valence-corrected chi connectivity index (χ1v) is 7.55. The Bertz CT molecular complexity index is 1010. The van der Waals surface area contributed by atoms with Crippen LogP contribution in [0.2, 0.25) is 0 Å². The van der Waals surface area contributed by atoms with Gasteiger partial charge in [-0.3, -0.25) is 14.8 Å². The van der Waals surface area contributed by atoms with Gasteiger partial charge in [-0.05, 0) is 35.9 Å². The maximum absolute atomic E-state index is 12.2. The van der Waals surface area contributed by atoms with E-state index in [9.17, 15) is 4.79 Å². The first-order chi connectivity index (χ1) is 11.8. The zero-order chi connectivity index (χ0) is 16.4. The molecule has 1 aromatic carbocycles. The SMILES string of the molecule is O=C(Nc1cncc(-c2cccc3[nH]ccc23)c1)c1ccccn1. The molecule has 116 valence electrons. The number of amides is 1. The number of aromatic amines is 1. The highest BCUT2D eigenvalue weighted by molar-refractivity contribution is 6.03. The number of carbonyl (C=O) groups excluding carboxylic acids is 1. The second kappa shape index (κ2) is 5.96. The summed E-state index contributed by atoms with van der Waals surface area (Å²) >= 11 is 0. The van der Waals surface area contributed by atoms with Gasteiger partial charge in [0.15, 0.2) is 0 Å². The van der Waals surface area contributed by atoms with E-state index in [1.54, 1.807) is 36.8 Å². The summed E-state index contributed by atoms with van der Waals surface area (Å²) in [7, 11) is 0. The van der Waals surface area contributed by atoms with Gasteiger partial charge in [-0.15, -0.1) is 0 Å². The third-order valence-corrected chi connectivity index (χ3v) is 3.80. The fourth-order valence-electron chi connectivity index (χ4n) is 2.68. The molecule has 0 aliphatic rings. The molecule has 24 heavy (non-hydrogen) atoms. The van der Waals surface area contributed by atoms with Crippen molar-refractivity contribution in [2.75, 3.05) is 5.32 Å². The van der Waals surface area contributed by atoms with E-state index in [0.717, 1.165) is 22.0 Å². The predicted molar refractivity (Wildman–Crippen MR) is 93.7 cm³/mol. The van der Waals surface area contributed by atoms with Gasteiger partial charge in [-0.1, -0.05) is 18.2 Å². The molecule has 0 fully saturated rings. The van der Waals surface area contributed by atoms with Gasteiger partial charge in [0.05, 0.1) is 11.9 Å². The summed E-state index contributed by atoms with van der Waals surface area (Å²) in [5.74, 6) is -0.255. The smallest absolute Gasteiger partial charge is 0.274 e. The lowest BCUT2D eigenvalue weighted by Gasteiger charge is -2.08. The predicted octanol–water partition coefficient (Wildman–Crippen LogP) is 3.88. The molecule has 5 heteroatoms. The van der Waals surface area contributed by atoms with Crippen molar-refractivity contribution in [3.05, 3.63) is 79.0 Å². The van der Waals surface area contributed by atoms with E-state index < -0.39 is 0 Å². The Balaban J connectivity index is 1.67. The molecule has 0 saturated carbocycles. The molecular formula is C19H14N4O. The van der Waals surface area contributed by atoms with Crippen LogP contribution in [0, 0.1) is 0 Å². The van der Waals surface area contributed by atoms with Gasteiger partial charge in [0.1, 0.15) is 5.69 Å². The van der Waals surface area contributed by atoms with E-state index >= 15 is 0 Å². The quantitative estimate of drug-likeness (QED) is 0.603. The molecule has 4 rings (SSSR count). The Labute approximate surface area is 138 Å². The summed E-state index contributed by atoms with van der Waals surface area (Å²) in [4.78, 5) is 23.7. The first-order valence-electron chi connectivity index (χ1n) is 7.55. The lowest BCUT2D eigenvalue weighted by atomic mass is 10.0. The van der Waals surface area contributed by atoms with Crippen molar-refractivity contribution >= 4 is 22.5 Å². The van der Waals surface area contributed by atoms with E-state index in [4.69, 9.17) is 0 Å². The van der Waals surface area contributed by atoms with Gasteiger partial charge < -0.3 is 10.3 Å². The van der Waals surface area contributed by atoms with Gasteiger partial charge in [0.25, 0.3) is 5.91 Å². The highest BCUT2D eigenvalue weighted by atomic mass is 16.1. The number of nitrogens with one attached hydrogen (secondary N) is 2. The Morgan fingerprint density at radius 1 is 1.04 bits per heavy atom. The average Bonchev–Trinajstić information content (AvgIpc) is 3.11. The van der Waals surface area contributed by atoms with Crippen LogP contribution >= 0.6 is 0 Å². The molecule has 0 saturated heterocycles. The third kappa shape index (κ3) is 2.63. The number of nitrogens with zero attached hydrogens (tertiary/aromatic N) is 2. The van der Waals surface area contributed by atoms with Crippen molar-refractivity contribution < 1.29 is 4.79 Å². The van der Waals surface area contributed by atoms with Crippen LogP contribution in [0.5, 0.6) is 0 Å². The molecule has 5 nitrogen and oxygen atoms in total. The number of carbonyl (C=O) groups is 1. The minimum absolute atomic E-state index is 0.255. The number of H-pyrrole nitrogens is 1. The second-order valence-electron chi connectivity index (χ2n) is 5.38. The summed E-state index contributed by atoms with van der Waals surface area (Å²) in [5, 5.41) is 3.96. The van der Waals surface area contributed by atoms with Crippen molar-refractivity contribution in [1.29, 1.82) is 0 Å². The number of hydrogen-bond donors (Lipinski definition) is 2. The highest BCUT2D eigenvalue weighted by Gasteiger charge is 2.09. The summed E-state index contributed by atoms with van der Waals surface area (Å²) in [5.41, 5.74) is 4.08. The number of pyridine rings is 2. The molecule has 3 heterocycles. The molecule has 2 N–H and O–H groups in total. The van der Waals surface area contributed by atoms with Crippen LogP contribution in [0.25, 0.3) is 22.0 Å². The van der Waals surface area contributed by atoms with Crippen molar-refractivity contribution in [2.24, 2.45) is 0 Å². The summed E-state index contributed by atoms with van der Waals surface area (Å²) < 4.78 is 0. The van der Waals surface area contributed by atoms with Gasteiger partial charge in [-0.2, -0.15) is 0 Å². The van der Waals surface area contributed by atoms with Crippen molar-refractivity contribution in [3.63, 3.8) is 0 Å². The normalized spacial score (nSPS) is 10.7. The molecule has 0 aliphatic heterocycles. The fraction of sp³-hybridized carbons (Fsp3) is 0. The number of rotatable bonds is 3. The zero-order valence-corrected chi connectivity index (χ0v) is 12.7. The highest BCUT2D eigenvalue weighted by Crippen LogP contribution is 2.29. The maximum Gasteiger partial charge on any atom is 0.274 e. The van der Waals surface area contributed by atoms with Gasteiger partial charge >= 0.3 is 0 Å². The molecule has 0 atom stereocenters. The van der Waals surface area contributed by atoms with E-state index in [1.807, 2.05) is 36.5 Å².